The molecule has 5 heteroatoms. The van der Waals surface area contributed by atoms with Crippen LogP contribution in [0.1, 0.15) is 43.1 Å². The van der Waals surface area contributed by atoms with Gasteiger partial charge in [-0.05, 0) is 29.5 Å². The highest BCUT2D eigenvalue weighted by Crippen LogP contribution is 2.22. The monoisotopic (exact) mass is 304 g/mol. The van der Waals surface area contributed by atoms with Crippen LogP contribution in [0.3, 0.4) is 0 Å². The average Bonchev–Trinajstić information content (AvgIpc) is 2.88. The summed E-state index contributed by atoms with van der Waals surface area (Å²) in [5.41, 5.74) is 1.95. The van der Waals surface area contributed by atoms with Crippen LogP contribution < -0.4 is 5.32 Å². The second-order valence-corrected chi connectivity index (χ2v) is 6.54. The summed E-state index contributed by atoms with van der Waals surface area (Å²) in [6.07, 6.45) is 0.463. The molecule has 120 valence electrons. The van der Waals surface area contributed by atoms with Gasteiger partial charge < -0.3 is 15.0 Å². The highest BCUT2D eigenvalue weighted by atomic mass is 16.6. The fraction of sp³-hybridized carbons (Fsp3) is 0.529. The van der Waals surface area contributed by atoms with Crippen LogP contribution in [0.4, 0.5) is 4.79 Å². The number of carbonyl (C=O) groups is 2. The van der Waals surface area contributed by atoms with Gasteiger partial charge in [-0.2, -0.15) is 0 Å². The molecule has 0 radical (unpaired) electrons. The molecule has 0 bridgehead atoms. The van der Waals surface area contributed by atoms with Crippen LogP contribution in [0.25, 0.3) is 0 Å². The zero-order chi connectivity index (χ0) is 16.2. The Kier molecular flexibility index (Phi) is 5.06. The molecule has 1 aromatic carbocycles. The number of nitrogens with zero attached hydrogens (tertiary/aromatic N) is 1. The van der Waals surface area contributed by atoms with E-state index in [-0.39, 0.29) is 17.4 Å². The molecule has 0 aliphatic carbocycles. The van der Waals surface area contributed by atoms with Crippen molar-refractivity contribution in [2.45, 2.75) is 32.6 Å². The van der Waals surface area contributed by atoms with E-state index < -0.39 is 0 Å². The lowest BCUT2D eigenvalue weighted by molar-refractivity contribution is 0.0952. The van der Waals surface area contributed by atoms with Crippen molar-refractivity contribution in [1.29, 1.82) is 0 Å². The third kappa shape index (κ3) is 4.23. The van der Waals surface area contributed by atoms with Gasteiger partial charge in [-0.1, -0.05) is 32.9 Å². The fourth-order valence-electron chi connectivity index (χ4n) is 2.32. The normalized spacial score (nSPS) is 14.9. The van der Waals surface area contributed by atoms with Crippen LogP contribution in [0, 0.1) is 0 Å². The minimum atomic E-state index is -0.260. The first kappa shape index (κ1) is 16.3. The third-order valence-electron chi connectivity index (χ3n) is 3.75. The Labute approximate surface area is 131 Å². The molecule has 0 spiro atoms. The number of rotatable bonds is 5. The van der Waals surface area contributed by atoms with Gasteiger partial charge in [-0.25, -0.2) is 4.79 Å². The first-order valence-corrected chi connectivity index (χ1v) is 7.68. The number of ether oxygens (including phenoxy) is 1. The SMILES string of the molecule is CC(C)(C)c1ccc(C(=O)NCCCN2CCOC2=O)cc1. The number of hydrogen-bond donors (Lipinski definition) is 1. The number of carbonyl (C=O) groups excluding carboxylic acids is 2. The van der Waals surface area contributed by atoms with E-state index in [0.717, 1.165) is 6.42 Å². The maximum absolute atomic E-state index is 12.0. The Bertz CT molecular complexity index is 532. The van der Waals surface area contributed by atoms with Crippen LogP contribution in [-0.2, 0) is 10.2 Å². The largest absolute Gasteiger partial charge is 0.448 e. The number of nitrogens with one attached hydrogen (secondary N) is 1. The molecule has 0 aromatic heterocycles. The smallest absolute Gasteiger partial charge is 0.409 e. The van der Waals surface area contributed by atoms with Crippen LogP contribution >= 0.6 is 0 Å². The van der Waals surface area contributed by atoms with Crippen LogP contribution in [0.2, 0.25) is 0 Å². The summed E-state index contributed by atoms with van der Waals surface area (Å²) in [5, 5.41) is 2.88. The molecular weight excluding hydrogens is 280 g/mol. The molecule has 2 amide bonds. The predicted molar refractivity (Wildman–Crippen MR) is 85.0 cm³/mol. The summed E-state index contributed by atoms with van der Waals surface area (Å²) in [6, 6.07) is 7.70. The minimum absolute atomic E-state index is 0.0792. The molecule has 5 nitrogen and oxygen atoms in total. The van der Waals surface area contributed by atoms with E-state index in [9.17, 15) is 9.59 Å². The Morgan fingerprint density at radius 1 is 1.27 bits per heavy atom. The van der Waals surface area contributed by atoms with Crippen LogP contribution in [0.5, 0.6) is 0 Å². The zero-order valence-electron chi connectivity index (χ0n) is 13.5. The molecule has 0 unspecified atom stereocenters. The van der Waals surface area contributed by atoms with Gasteiger partial charge in [0, 0.05) is 18.7 Å². The fourth-order valence-corrected chi connectivity index (χ4v) is 2.32. The third-order valence-corrected chi connectivity index (χ3v) is 3.75. The van der Waals surface area contributed by atoms with E-state index >= 15 is 0 Å². The Hall–Kier alpha value is -2.04. The van der Waals surface area contributed by atoms with Gasteiger partial charge in [0.2, 0.25) is 0 Å². The van der Waals surface area contributed by atoms with Crippen molar-refractivity contribution in [3.05, 3.63) is 35.4 Å². The average molecular weight is 304 g/mol. The van der Waals surface area contributed by atoms with E-state index in [1.54, 1.807) is 4.90 Å². The van der Waals surface area contributed by atoms with Gasteiger partial charge in [0.05, 0.1) is 6.54 Å². The zero-order valence-corrected chi connectivity index (χ0v) is 13.5. The molecule has 0 atom stereocenters. The molecule has 1 saturated heterocycles. The maximum Gasteiger partial charge on any atom is 0.409 e. The lowest BCUT2D eigenvalue weighted by atomic mass is 9.87. The van der Waals surface area contributed by atoms with Gasteiger partial charge in [-0.3, -0.25) is 4.79 Å². The lowest BCUT2D eigenvalue weighted by Crippen LogP contribution is -2.30. The molecule has 1 fully saturated rings. The highest BCUT2D eigenvalue weighted by molar-refractivity contribution is 5.94. The van der Waals surface area contributed by atoms with Crippen molar-refractivity contribution in [1.82, 2.24) is 10.2 Å². The van der Waals surface area contributed by atoms with E-state index in [4.69, 9.17) is 4.74 Å². The Morgan fingerprint density at radius 3 is 2.50 bits per heavy atom. The van der Waals surface area contributed by atoms with Gasteiger partial charge in [0.25, 0.3) is 5.91 Å². The molecule has 22 heavy (non-hydrogen) atoms. The maximum atomic E-state index is 12.0. The molecule has 1 aliphatic heterocycles. The van der Waals surface area contributed by atoms with Crippen LogP contribution in [-0.4, -0.2) is 43.1 Å². The van der Waals surface area contributed by atoms with Crippen molar-refractivity contribution >= 4 is 12.0 Å². The second-order valence-electron chi connectivity index (χ2n) is 6.54. The number of amides is 2. The van der Waals surface area contributed by atoms with E-state index in [0.29, 0.717) is 31.8 Å². The Balaban J connectivity index is 1.76. The number of benzene rings is 1. The molecule has 1 heterocycles. The standard InChI is InChI=1S/C17H24N2O3/c1-17(2,3)14-7-5-13(6-8-14)15(20)18-9-4-10-19-11-12-22-16(19)21/h5-8H,4,9-12H2,1-3H3,(H,18,20). The first-order chi connectivity index (χ1) is 10.4. The molecule has 1 aliphatic rings. The summed E-state index contributed by atoms with van der Waals surface area (Å²) >= 11 is 0. The summed E-state index contributed by atoms with van der Waals surface area (Å²) < 4.78 is 4.85. The molecule has 1 N–H and O–H groups in total. The van der Waals surface area contributed by atoms with Crippen molar-refractivity contribution in [3.8, 4) is 0 Å². The predicted octanol–water partition coefficient (Wildman–Crippen LogP) is 2.56. The summed E-state index contributed by atoms with van der Waals surface area (Å²) in [7, 11) is 0. The van der Waals surface area contributed by atoms with Crippen molar-refractivity contribution in [3.63, 3.8) is 0 Å². The van der Waals surface area contributed by atoms with Gasteiger partial charge in [-0.15, -0.1) is 0 Å². The van der Waals surface area contributed by atoms with Crippen molar-refractivity contribution in [2.24, 2.45) is 0 Å². The van der Waals surface area contributed by atoms with Gasteiger partial charge in [0.1, 0.15) is 6.61 Å². The molecule has 0 saturated carbocycles. The van der Waals surface area contributed by atoms with E-state index in [1.165, 1.54) is 5.56 Å². The summed E-state index contributed by atoms with van der Waals surface area (Å²) in [4.78, 5) is 25.0. The van der Waals surface area contributed by atoms with Gasteiger partial charge in [0.15, 0.2) is 0 Å². The summed E-state index contributed by atoms with van der Waals surface area (Å²) in [6.45, 7) is 8.69. The van der Waals surface area contributed by atoms with E-state index in [2.05, 4.69) is 26.1 Å². The molecular formula is C17H24N2O3. The first-order valence-electron chi connectivity index (χ1n) is 7.68. The van der Waals surface area contributed by atoms with Crippen LogP contribution in [0.15, 0.2) is 24.3 Å². The topological polar surface area (TPSA) is 58.6 Å². The number of cyclic esters (lactones) is 1. The molecule has 2 rings (SSSR count). The van der Waals surface area contributed by atoms with E-state index in [1.807, 2.05) is 24.3 Å². The number of hydrogen-bond acceptors (Lipinski definition) is 3. The molecule has 1 aromatic rings. The minimum Gasteiger partial charge on any atom is -0.448 e. The lowest BCUT2D eigenvalue weighted by Gasteiger charge is -2.19. The second kappa shape index (κ2) is 6.81. The van der Waals surface area contributed by atoms with Gasteiger partial charge >= 0.3 is 6.09 Å². The van der Waals surface area contributed by atoms with Crippen molar-refractivity contribution in [2.75, 3.05) is 26.2 Å². The summed E-state index contributed by atoms with van der Waals surface area (Å²) in [5.74, 6) is -0.0792. The Morgan fingerprint density at radius 2 is 1.95 bits per heavy atom. The highest BCUT2D eigenvalue weighted by Gasteiger charge is 2.20. The quantitative estimate of drug-likeness (QED) is 0.851. The van der Waals surface area contributed by atoms with Crippen molar-refractivity contribution < 1.29 is 14.3 Å².